The Morgan fingerprint density at radius 3 is 2.53 bits per heavy atom. The van der Waals surface area contributed by atoms with Crippen LogP contribution in [-0.2, 0) is 6.42 Å². The van der Waals surface area contributed by atoms with Gasteiger partial charge in [0.1, 0.15) is 5.82 Å². The fraction of sp³-hybridized carbons (Fsp3) is 0.250. The summed E-state index contributed by atoms with van der Waals surface area (Å²) in [4.78, 5) is 20.8. The van der Waals surface area contributed by atoms with Crippen molar-refractivity contribution in [3.8, 4) is 0 Å². The maximum absolute atomic E-state index is 14.2. The molecule has 1 aliphatic heterocycles. The number of amides is 1. The summed E-state index contributed by atoms with van der Waals surface area (Å²) in [7, 11) is 2.13. The fourth-order valence-corrected chi connectivity index (χ4v) is 4.01. The van der Waals surface area contributed by atoms with Gasteiger partial charge in [0, 0.05) is 60.8 Å². The van der Waals surface area contributed by atoms with Crippen molar-refractivity contribution in [2.75, 3.05) is 43.4 Å². The second-order valence-corrected chi connectivity index (χ2v) is 8.35. The highest BCUT2D eigenvalue weighted by molar-refractivity contribution is 6.31. The van der Waals surface area contributed by atoms with Gasteiger partial charge in [0.15, 0.2) is 5.69 Å². The van der Waals surface area contributed by atoms with Gasteiger partial charge in [-0.2, -0.15) is 0 Å². The second-order valence-electron chi connectivity index (χ2n) is 7.94. The van der Waals surface area contributed by atoms with E-state index >= 15 is 0 Å². The molecule has 0 spiro atoms. The van der Waals surface area contributed by atoms with E-state index in [9.17, 15) is 9.18 Å². The number of primary amides is 1. The molecule has 0 saturated carbocycles. The quantitative estimate of drug-likeness (QED) is 0.588. The van der Waals surface area contributed by atoms with E-state index in [0.29, 0.717) is 21.8 Å². The molecule has 1 aliphatic rings. The van der Waals surface area contributed by atoms with E-state index in [-0.39, 0.29) is 17.9 Å². The molecule has 1 saturated heterocycles. The van der Waals surface area contributed by atoms with E-state index in [2.05, 4.69) is 27.1 Å². The van der Waals surface area contributed by atoms with Crippen LogP contribution in [0.4, 0.5) is 21.5 Å². The molecule has 1 fully saturated rings. The lowest BCUT2D eigenvalue weighted by Gasteiger charge is -2.34. The molecule has 3 aromatic rings. The van der Waals surface area contributed by atoms with E-state index in [4.69, 9.17) is 17.3 Å². The average Bonchev–Trinajstić information content (AvgIpc) is 2.77. The van der Waals surface area contributed by atoms with Crippen molar-refractivity contribution in [1.82, 2.24) is 9.88 Å². The number of pyridine rings is 1. The summed E-state index contributed by atoms with van der Waals surface area (Å²) >= 11 is 6.16. The Morgan fingerprint density at radius 2 is 1.88 bits per heavy atom. The Kier molecular flexibility index (Phi) is 6.58. The minimum atomic E-state index is -0.642. The van der Waals surface area contributed by atoms with Gasteiger partial charge in [-0.05, 0) is 55.1 Å². The normalized spacial score (nSPS) is 14.4. The summed E-state index contributed by atoms with van der Waals surface area (Å²) in [6, 6.07) is 14.3. The number of piperazine rings is 1. The van der Waals surface area contributed by atoms with Crippen LogP contribution in [0.15, 0.2) is 54.7 Å². The maximum Gasteiger partial charge on any atom is 0.269 e. The third kappa shape index (κ3) is 5.00. The first-order chi connectivity index (χ1) is 15.4. The smallest absolute Gasteiger partial charge is 0.269 e. The molecule has 6 nitrogen and oxygen atoms in total. The van der Waals surface area contributed by atoms with Crippen LogP contribution >= 0.6 is 11.6 Å². The van der Waals surface area contributed by atoms with Gasteiger partial charge in [-0.3, -0.25) is 4.79 Å². The van der Waals surface area contributed by atoms with Crippen molar-refractivity contribution in [3.05, 3.63) is 82.4 Å². The second kappa shape index (κ2) is 9.54. The molecule has 166 valence electrons. The van der Waals surface area contributed by atoms with Crippen molar-refractivity contribution in [2.45, 2.75) is 6.42 Å². The summed E-state index contributed by atoms with van der Waals surface area (Å²) in [5.41, 5.74) is 9.15. The number of aromatic nitrogens is 1. The minimum absolute atomic E-state index is 0.122. The van der Waals surface area contributed by atoms with Gasteiger partial charge >= 0.3 is 0 Å². The Labute approximate surface area is 191 Å². The molecule has 0 bridgehead atoms. The zero-order valence-electron chi connectivity index (χ0n) is 17.8. The lowest BCUT2D eigenvalue weighted by atomic mass is 10.0. The van der Waals surface area contributed by atoms with Crippen molar-refractivity contribution in [1.29, 1.82) is 0 Å². The van der Waals surface area contributed by atoms with E-state index in [1.165, 1.54) is 12.3 Å². The van der Waals surface area contributed by atoms with Crippen LogP contribution in [0, 0.1) is 5.82 Å². The molecule has 1 aromatic heterocycles. The number of nitrogens with zero attached hydrogens (tertiary/aromatic N) is 3. The minimum Gasteiger partial charge on any atom is -0.369 e. The molecule has 0 atom stereocenters. The molecule has 2 heterocycles. The van der Waals surface area contributed by atoms with E-state index < -0.39 is 5.91 Å². The van der Waals surface area contributed by atoms with Gasteiger partial charge < -0.3 is 20.9 Å². The molecule has 32 heavy (non-hydrogen) atoms. The highest BCUT2D eigenvalue weighted by Crippen LogP contribution is 2.27. The van der Waals surface area contributed by atoms with Crippen LogP contribution < -0.4 is 16.0 Å². The predicted molar refractivity (Wildman–Crippen MR) is 126 cm³/mol. The number of nitrogens with two attached hydrogens (primary N) is 1. The van der Waals surface area contributed by atoms with Crippen LogP contribution in [0.25, 0.3) is 0 Å². The predicted octanol–water partition coefficient (Wildman–Crippen LogP) is 4.06. The van der Waals surface area contributed by atoms with Gasteiger partial charge in [-0.15, -0.1) is 0 Å². The first kappa shape index (κ1) is 22.0. The molecule has 1 amide bonds. The number of benzene rings is 2. The fourth-order valence-electron chi connectivity index (χ4n) is 3.78. The third-order valence-corrected chi connectivity index (χ3v) is 5.99. The van der Waals surface area contributed by atoms with Gasteiger partial charge in [-0.1, -0.05) is 17.7 Å². The number of halogens is 2. The first-order valence-electron chi connectivity index (χ1n) is 10.4. The van der Waals surface area contributed by atoms with Crippen LogP contribution in [0.3, 0.4) is 0 Å². The van der Waals surface area contributed by atoms with Crippen LogP contribution in [0.1, 0.15) is 21.6 Å². The van der Waals surface area contributed by atoms with E-state index in [1.807, 2.05) is 24.3 Å². The van der Waals surface area contributed by atoms with Gasteiger partial charge in [-0.25, -0.2) is 9.37 Å². The molecule has 0 radical (unpaired) electrons. The van der Waals surface area contributed by atoms with Crippen molar-refractivity contribution >= 4 is 34.6 Å². The number of hydrogen-bond donors (Lipinski definition) is 2. The van der Waals surface area contributed by atoms with Crippen LogP contribution in [0.2, 0.25) is 5.02 Å². The highest BCUT2D eigenvalue weighted by atomic mass is 35.5. The van der Waals surface area contributed by atoms with Gasteiger partial charge in [0.05, 0.1) is 5.69 Å². The molecule has 8 heteroatoms. The number of rotatable bonds is 6. The topological polar surface area (TPSA) is 74.5 Å². The lowest BCUT2D eigenvalue weighted by Crippen LogP contribution is -2.44. The SMILES string of the molecule is CN1CCN(c2ccc(Nc3cc(Cc4c(F)cccc4Cl)cnc3C(N)=O)cc2)CC1. The number of likely N-dealkylation sites (N-methyl/N-ethyl adjacent to an activating group) is 1. The Morgan fingerprint density at radius 1 is 1.16 bits per heavy atom. The van der Waals surface area contributed by atoms with Crippen LogP contribution in [0.5, 0.6) is 0 Å². The largest absolute Gasteiger partial charge is 0.369 e. The zero-order valence-corrected chi connectivity index (χ0v) is 18.6. The molecule has 4 rings (SSSR count). The summed E-state index contributed by atoms with van der Waals surface area (Å²) in [5, 5.41) is 3.58. The standard InChI is InChI=1S/C24H25ClFN5O/c1-30-9-11-31(12-10-30)18-7-5-17(6-8-18)29-22-14-16(15-28-23(22)24(27)32)13-19-20(25)3-2-4-21(19)26/h2-8,14-15,29H,9-13H2,1H3,(H2,27,32). The molecule has 0 unspecified atom stereocenters. The molecule has 3 N–H and O–H groups in total. The average molecular weight is 454 g/mol. The summed E-state index contributed by atoms with van der Waals surface area (Å²) in [5.74, 6) is -1.03. The lowest BCUT2D eigenvalue weighted by molar-refractivity contribution is 0.0996. The number of nitrogens with one attached hydrogen (secondary N) is 1. The van der Waals surface area contributed by atoms with Crippen molar-refractivity contribution in [2.24, 2.45) is 5.73 Å². The summed E-state index contributed by atoms with van der Waals surface area (Å²) in [6.07, 6.45) is 1.76. The number of hydrogen-bond acceptors (Lipinski definition) is 5. The van der Waals surface area contributed by atoms with Gasteiger partial charge in [0.25, 0.3) is 5.91 Å². The van der Waals surface area contributed by atoms with Crippen molar-refractivity contribution in [3.63, 3.8) is 0 Å². The summed E-state index contributed by atoms with van der Waals surface area (Å²) in [6.45, 7) is 4.04. The Bertz CT molecular complexity index is 1090. The van der Waals surface area contributed by atoms with Crippen LogP contribution in [-0.4, -0.2) is 49.0 Å². The van der Waals surface area contributed by atoms with E-state index in [1.54, 1.807) is 18.2 Å². The molecule has 0 aliphatic carbocycles. The number of carbonyl (C=O) groups is 1. The number of carbonyl (C=O) groups excluding carboxylic acids is 1. The highest BCUT2D eigenvalue weighted by Gasteiger charge is 2.16. The molecular formula is C24H25ClFN5O. The monoisotopic (exact) mass is 453 g/mol. The maximum atomic E-state index is 14.2. The van der Waals surface area contributed by atoms with E-state index in [0.717, 1.165) is 37.6 Å². The Balaban J connectivity index is 1.55. The third-order valence-electron chi connectivity index (χ3n) is 5.64. The number of anilines is 3. The Hall–Kier alpha value is -3.16. The summed E-state index contributed by atoms with van der Waals surface area (Å²) < 4.78 is 14.2. The van der Waals surface area contributed by atoms with Gasteiger partial charge in [0.2, 0.25) is 0 Å². The molecular weight excluding hydrogens is 429 g/mol. The zero-order chi connectivity index (χ0) is 22.7. The first-order valence-corrected chi connectivity index (χ1v) is 10.8. The van der Waals surface area contributed by atoms with Crippen molar-refractivity contribution < 1.29 is 9.18 Å². The molecule has 2 aromatic carbocycles.